The number of aromatic nitrogens is 2. The third-order valence-corrected chi connectivity index (χ3v) is 6.68. The van der Waals surface area contributed by atoms with Gasteiger partial charge in [0, 0.05) is 17.0 Å². The lowest BCUT2D eigenvalue weighted by molar-refractivity contribution is -0.119. The third-order valence-electron chi connectivity index (χ3n) is 4.80. The molecule has 0 radical (unpaired) electrons. The van der Waals surface area contributed by atoms with E-state index in [1.165, 1.54) is 60.8 Å². The van der Waals surface area contributed by atoms with Gasteiger partial charge in [0.2, 0.25) is 5.91 Å². The number of hydrogen-bond donors (Lipinski definition) is 1. The number of benzene rings is 1. The number of hydrogen-bond acceptors (Lipinski definition) is 5. The second-order valence-electron chi connectivity index (χ2n) is 6.71. The smallest absolute Gasteiger partial charge is 0.230 e. The molecule has 1 aliphatic rings. The molecule has 0 bridgehead atoms. The van der Waals surface area contributed by atoms with Gasteiger partial charge in [-0.2, -0.15) is 0 Å². The summed E-state index contributed by atoms with van der Waals surface area (Å²) in [5.74, 6) is 0.127. The number of thioether (sulfide) groups is 1. The molecular weight excluding hydrogens is 381 g/mol. The fourth-order valence-corrected chi connectivity index (χ4v) is 5.25. The van der Waals surface area contributed by atoms with Crippen LogP contribution in [0.5, 0.6) is 0 Å². The summed E-state index contributed by atoms with van der Waals surface area (Å²) in [5, 5.41) is 6.88. The highest BCUT2D eigenvalue weighted by molar-refractivity contribution is 8.00. The summed E-state index contributed by atoms with van der Waals surface area (Å²) in [4.78, 5) is 22.0. The highest BCUT2D eigenvalue weighted by atomic mass is 32.2. The van der Waals surface area contributed by atoms with Crippen LogP contribution in [0, 0.1) is 5.82 Å². The van der Waals surface area contributed by atoms with Crippen molar-refractivity contribution in [3.05, 3.63) is 41.8 Å². The Labute approximate surface area is 165 Å². The van der Waals surface area contributed by atoms with Gasteiger partial charge in [-0.3, -0.25) is 4.79 Å². The Balaban J connectivity index is 1.52. The number of halogens is 1. The van der Waals surface area contributed by atoms with Crippen molar-refractivity contribution in [1.29, 1.82) is 0 Å². The van der Waals surface area contributed by atoms with Gasteiger partial charge in [0.25, 0.3) is 0 Å². The summed E-state index contributed by atoms with van der Waals surface area (Å²) in [5.41, 5.74) is 1.90. The molecule has 0 saturated heterocycles. The number of amides is 1. The van der Waals surface area contributed by atoms with E-state index in [0.29, 0.717) is 11.8 Å². The normalized spacial score (nSPS) is 15.1. The Kier molecular flexibility index (Phi) is 5.69. The van der Waals surface area contributed by atoms with Gasteiger partial charge in [0.05, 0.1) is 11.1 Å². The molecular formula is C20H20FN3OS2. The van der Waals surface area contributed by atoms with Crippen LogP contribution in [-0.4, -0.2) is 27.7 Å². The second-order valence-corrected chi connectivity index (χ2v) is 8.53. The molecule has 4 nitrogen and oxygen atoms in total. The average molecular weight is 402 g/mol. The number of carbonyl (C=O) groups excluding carboxylic acids is 1. The molecule has 0 aliphatic heterocycles. The zero-order chi connectivity index (χ0) is 18.6. The Hall–Kier alpha value is -1.99. The largest absolute Gasteiger partial charge is 0.353 e. The van der Waals surface area contributed by atoms with Crippen molar-refractivity contribution >= 4 is 39.2 Å². The van der Waals surface area contributed by atoms with Gasteiger partial charge in [-0.1, -0.05) is 43.2 Å². The van der Waals surface area contributed by atoms with Crippen molar-refractivity contribution in [2.24, 2.45) is 0 Å². The van der Waals surface area contributed by atoms with Crippen LogP contribution >= 0.6 is 23.1 Å². The zero-order valence-corrected chi connectivity index (χ0v) is 16.4. The first-order valence-electron chi connectivity index (χ1n) is 9.11. The van der Waals surface area contributed by atoms with E-state index in [1.54, 1.807) is 12.1 Å². The van der Waals surface area contributed by atoms with E-state index in [2.05, 4.69) is 15.3 Å². The van der Waals surface area contributed by atoms with E-state index in [0.717, 1.165) is 39.2 Å². The monoisotopic (exact) mass is 401 g/mol. The Morgan fingerprint density at radius 2 is 1.96 bits per heavy atom. The van der Waals surface area contributed by atoms with E-state index in [1.807, 2.05) is 5.38 Å². The molecule has 7 heteroatoms. The molecule has 1 aromatic carbocycles. The molecule has 1 saturated carbocycles. The predicted octanol–water partition coefficient (Wildman–Crippen LogP) is 5.04. The first kappa shape index (κ1) is 18.4. The van der Waals surface area contributed by atoms with E-state index in [4.69, 9.17) is 0 Å². The second kappa shape index (κ2) is 8.35. The summed E-state index contributed by atoms with van der Waals surface area (Å²) in [6, 6.07) is 6.73. The summed E-state index contributed by atoms with van der Waals surface area (Å²) < 4.78 is 13.3. The maximum Gasteiger partial charge on any atom is 0.230 e. The van der Waals surface area contributed by atoms with Crippen LogP contribution in [0.1, 0.15) is 32.1 Å². The maximum atomic E-state index is 13.3. The van der Waals surface area contributed by atoms with Gasteiger partial charge in [-0.15, -0.1) is 11.3 Å². The lowest BCUT2D eigenvalue weighted by Crippen LogP contribution is -2.37. The molecule has 1 amide bonds. The van der Waals surface area contributed by atoms with E-state index < -0.39 is 0 Å². The molecule has 0 spiro atoms. The van der Waals surface area contributed by atoms with Gasteiger partial charge in [-0.05, 0) is 30.5 Å². The minimum absolute atomic E-state index is 0.0530. The molecule has 0 atom stereocenters. The van der Waals surface area contributed by atoms with Crippen molar-refractivity contribution in [1.82, 2.24) is 15.3 Å². The van der Waals surface area contributed by atoms with Crippen LogP contribution in [0.15, 0.2) is 41.0 Å². The predicted molar refractivity (Wildman–Crippen MR) is 109 cm³/mol. The first-order valence-corrected chi connectivity index (χ1v) is 11.0. The van der Waals surface area contributed by atoms with Crippen LogP contribution in [0.2, 0.25) is 0 Å². The number of thiophene rings is 1. The summed E-state index contributed by atoms with van der Waals surface area (Å²) >= 11 is 2.96. The Bertz CT molecular complexity index is 936. The minimum Gasteiger partial charge on any atom is -0.353 e. The first-order chi connectivity index (χ1) is 13.2. The van der Waals surface area contributed by atoms with Gasteiger partial charge in [-0.25, -0.2) is 14.4 Å². The Morgan fingerprint density at radius 3 is 2.74 bits per heavy atom. The number of carbonyl (C=O) groups is 1. The van der Waals surface area contributed by atoms with Crippen LogP contribution < -0.4 is 5.32 Å². The van der Waals surface area contributed by atoms with Crippen LogP contribution in [0.25, 0.3) is 21.3 Å². The van der Waals surface area contributed by atoms with Crippen molar-refractivity contribution in [3.8, 4) is 11.1 Å². The van der Waals surface area contributed by atoms with Crippen molar-refractivity contribution in [2.45, 2.75) is 43.2 Å². The van der Waals surface area contributed by atoms with E-state index >= 15 is 0 Å². The van der Waals surface area contributed by atoms with Crippen LogP contribution in [0.4, 0.5) is 4.39 Å². The zero-order valence-electron chi connectivity index (χ0n) is 14.8. The minimum atomic E-state index is -0.261. The number of nitrogens with one attached hydrogen (secondary N) is 1. The van der Waals surface area contributed by atoms with Gasteiger partial charge in [0.15, 0.2) is 0 Å². The number of nitrogens with zero attached hydrogens (tertiary/aromatic N) is 2. The topological polar surface area (TPSA) is 54.9 Å². The van der Waals surface area contributed by atoms with E-state index in [9.17, 15) is 9.18 Å². The summed E-state index contributed by atoms with van der Waals surface area (Å²) in [6.07, 6.45) is 7.35. The third kappa shape index (κ3) is 4.30. The number of rotatable bonds is 5. The number of fused-ring (bicyclic) bond motifs is 1. The fourth-order valence-electron chi connectivity index (χ4n) is 3.45. The molecule has 140 valence electrons. The van der Waals surface area contributed by atoms with Gasteiger partial charge >= 0.3 is 0 Å². The van der Waals surface area contributed by atoms with Crippen LogP contribution in [0.3, 0.4) is 0 Å². The van der Waals surface area contributed by atoms with Crippen molar-refractivity contribution < 1.29 is 9.18 Å². The average Bonchev–Trinajstić information content (AvgIpc) is 3.12. The fraction of sp³-hybridized carbons (Fsp3) is 0.350. The Morgan fingerprint density at radius 1 is 1.19 bits per heavy atom. The van der Waals surface area contributed by atoms with Crippen LogP contribution in [-0.2, 0) is 4.79 Å². The van der Waals surface area contributed by atoms with Gasteiger partial charge in [0.1, 0.15) is 22.0 Å². The molecule has 1 N–H and O–H groups in total. The lowest BCUT2D eigenvalue weighted by Gasteiger charge is -2.22. The SMILES string of the molecule is O=C(CSc1ncnc2scc(-c3ccc(F)cc3)c12)NC1CCCCC1. The molecule has 27 heavy (non-hydrogen) atoms. The van der Waals surface area contributed by atoms with Crippen molar-refractivity contribution in [3.63, 3.8) is 0 Å². The summed E-state index contributed by atoms with van der Waals surface area (Å²) in [7, 11) is 0. The van der Waals surface area contributed by atoms with E-state index in [-0.39, 0.29) is 11.7 Å². The maximum absolute atomic E-state index is 13.3. The molecule has 2 aromatic heterocycles. The lowest BCUT2D eigenvalue weighted by atomic mass is 9.95. The standard InChI is InChI=1S/C20H20FN3OS2/c21-14-8-6-13(7-9-14)16-10-26-19-18(16)20(23-12-22-19)27-11-17(25)24-15-4-2-1-3-5-15/h6-10,12,15H,1-5,11H2,(H,24,25). The molecule has 0 unspecified atom stereocenters. The quantitative estimate of drug-likeness (QED) is 0.481. The molecule has 3 aromatic rings. The molecule has 1 aliphatic carbocycles. The van der Waals surface area contributed by atoms with Gasteiger partial charge < -0.3 is 5.32 Å². The molecule has 4 rings (SSSR count). The molecule has 2 heterocycles. The summed E-state index contributed by atoms with van der Waals surface area (Å²) in [6.45, 7) is 0. The van der Waals surface area contributed by atoms with Crippen molar-refractivity contribution in [2.75, 3.05) is 5.75 Å². The highest BCUT2D eigenvalue weighted by Gasteiger charge is 2.18. The molecule has 1 fully saturated rings. The highest BCUT2D eigenvalue weighted by Crippen LogP contribution is 2.37.